The van der Waals surface area contributed by atoms with Crippen LogP contribution in [0.4, 0.5) is 4.39 Å². The van der Waals surface area contributed by atoms with Crippen LogP contribution in [-0.2, 0) is 0 Å². The molecule has 0 saturated carbocycles. The lowest BCUT2D eigenvalue weighted by Crippen LogP contribution is -2.18. The highest BCUT2D eigenvalue weighted by molar-refractivity contribution is 9.10. The first-order valence-electron chi connectivity index (χ1n) is 6.33. The Morgan fingerprint density at radius 3 is 2.55 bits per heavy atom. The molecule has 2 rings (SSSR count). The maximum Gasteiger partial charge on any atom is 0.125 e. The van der Waals surface area contributed by atoms with Gasteiger partial charge in [0.2, 0.25) is 0 Å². The lowest BCUT2D eigenvalue weighted by molar-refractivity contribution is 0.405. The number of aryl methyl sites for hydroxylation is 1. The second-order valence-electron chi connectivity index (χ2n) is 4.67. The zero-order valence-corrected chi connectivity index (χ0v) is 13.3. The van der Waals surface area contributed by atoms with Gasteiger partial charge in [0.25, 0.3) is 0 Å². The van der Waals surface area contributed by atoms with Crippen molar-refractivity contribution < 1.29 is 9.13 Å². The Bertz CT molecular complexity index is 595. The van der Waals surface area contributed by atoms with Crippen LogP contribution in [0.25, 0.3) is 0 Å². The van der Waals surface area contributed by atoms with Gasteiger partial charge in [-0.2, -0.15) is 0 Å². The van der Waals surface area contributed by atoms with Crippen molar-refractivity contribution in [2.24, 2.45) is 0 Å². The predicted octanol–water partition coefficient (Wildman–Crippen LogP) is 4.21. The van der Waals surface area contributed by atoms with E-state index < -0.39 is 0 Å². The second-order valence-corrected chi connectivity index (χ2v) is 5.59. The predicted molar refractivity (Wildman–Crippen MR) is 82.7 cm³/mol. The van der Waals surface area contributed by atoms with E-state index in [4.69, 9.17) is 4.74 Å². The van der Waals surface area contributed by atoms with E-state index in [1.165, 1.54) is 6.07 Å². The van der Waals surface area contributed by atoms with Gasteiger partial charge in [-0.15, -0.1) is 0 Å². The Hall–Kier alpha value is -1.39. The molecule has 0 aromatic heterocycles. The largest absolute Gasteiger partial charge is 0.496 e. The minimum absolute atomic E-state index is 0.118. The number of nitrogens with one attached hydrogen (secondary N) is 1. The minimum atomic E-state index is -0.226. The Morgan fingerprint density at radius 2 is 1.95 bits per heavy atom. The van der Waals surface area contributed by atoms with Crippen molar-refractivity contribution in [2.75, 3.05) is 14.2 Å². The van der Waals surface area contributed by atoms with Crippen molar-refractivity contribution in [1.29, 1.82) is 0 Å². The van der Waals surface area contributed by atoms with E-state index in [0.717, 1.165) is 26.9 Å². The van der Waals surface area contributed by atoms with Gasteiger partial charge in [-0.25, -0.2) is 4.39 Å². The third-order valence-corrected chi connectivity index (χ3v) is 3.69. The molecule has 2 aromatic rings. The molecule has 1 unspecified atom stereocenters. The molecule has 0 saturated heterocycles. The molecular weight excluding hydrogens is 321 g/mol. The zero-order valence-electron chi connectivity index (χ0n) is 11.7. The molecule has 0 fully saturated rings. The van der Waals surface area contributed by atoms with E-state index in [1.54, 1.807) is 13.2 Å². The molecule has 2 aromatic carbocycles. The smallest absolute Gasteiger partial charge is 0.125 e. The lowest BCUT2D eigenvalue weighted by atomic mass is 9.96. The molecule has 0 aliphatic carbocycles. The molecule has 4 heteroatoms. The summed E-state index contributed by atoms with van der Waals surface area (Å²) in [7, 11) is 3.49. The number of methoxy groups -OCH3 is 1. The summed E-state index contributed by atoms with van der Waals surface area (Å²) in [5, 5.41) is 3.22. The van der Waals surface area contributed by atoms with Crippen LogP contribution in [-0.4, -0.2) is 14.2 Å². The topological polar surface area (TPSA) is 21.3 Å². The van der Waals surface area contributed by atoms with Crippen LogP contribution in [0, 0.1) is 12.7 Å². The van der Waals surface area contributed by atoms with Crippen LogP contribution in [0.5, 0.6) is 5.75 Å². The maximum absolute atomic E-state index is 13.6. The van der Waals surface area contributed by atoms with Gasteiger partial charge < -0.3 is 10.1 Å². The summed E-state index contributed by atoms with van der Waals surface area (Å²) < 4.78 is 20.0. The van der Waals surface area contributed by atoms with Crippen LogP contribution in [0.2, 0.25) is 0 Å². The lowest BCUT2D eigenvalue weighted by Gasteiger charge is -2.20. The quantitative estimate of drug-likeness (QED) is 0.902. The van der Waals surface area contributed by atoms with Crippen molar-refractivity contribution in [3.63, 3.8) is 0 Å². The number of hydrogen-bond acceptors (Lipinski definition) is 2. The number of halogens is 2. The molecule has 0 aliphatic heterocycles. The van der Waals surface area contributed by atoms with Gasteiger partial charge in [-0.3, -0.25) is 0 Å². The van der Waals surface area contributed by atoms with E-state index >= 15 is 0 Å². The molecule has 0 spiro atoms. The van der Waals surface area contributed by atoms with Crippen molar-refractivity contribution in [1.82, 2.24) is 5.32 Å². The molecule has 106 valence electrons. The highest BCUT2D eigenvalue weighted by Crippen LogP contribution is 2.32. The van der Waals surface area contributed by atoms with E-state index in [-0.39, 0.29) is 11.9 Å². The maximum atomic E-state index is 13.6. The van der Waals surface area contributed by atoms with Gasteiger partial charge in [0.05, 0.1) is 13.2 Å². The number of benzene rings is 2. The molecule has 20 heavy (non-hydrogen) atoms. The van der Waals surface area contributed by atoms with Crippen LogP contribution in [0.1, 0.15) is 22.7 Å². The van der Waals surface area contributed by atoms with Crippen LogP contribution in [0.15, 0.2) is 40.9 Å². The Morgan fingerprint density at radius 1 is 1.20 bits per heavy atom. The fourth-order valence-corrected chi connectivity index (χ4v) is 2.70. The normalized spacial score (nSPS) is 12.2. The first-order chi connectivity index (χ1) is 9.55. The van der Waals surface area contributed by atoms with Gasteiger partial charge in [0.1, 0.15) is 11.6 Å². The summed E-state index contributed by atoms with van der Waals surface area (Å²) in [5.74, 6) is 0.539. The first-order valence-corrected chi connectivity index (χ1v) is 7.12. The summed E-state index contributed by atoms with van der Waals surface area (Å²) in [6.07, 6.45) is 0. The molecule has 0 aliphatic rings. The van der Waals surface area contributed by atoms with E-state index in [1.807, 2.05) is 38.2 Å². The minimum Gasteiger partial charge on any atom is -0.496 e. The van der Waals surface area contributed by atoms with Gasteiger partial charge in [0.15, 0.2) is 0 Å². The van der Waals surface area contributed by atoms with Crippen molar-refractivity contribution in [2.45, 2.75) is 13.0 Å². The first kappa shape index (κ1) is 15.0. The Balaban J connectivity index is 2.52. The number of rotatable bonds is 4. The van der Waals surface area contributed by atoms with Crippen molar-refractivity contribution >= 4 is 15.9 Å². The number of ether oxygens (including phenoxy) is 1. The summed E-state index contributed by atoms with van der Waals surface area (Å²) in [4.78, 5) is 0. The van der Waals surface area contributed by atoms with Crippen LogP contribution < -0.4 is 10.1 Å². The van der Waals surface area contributed by atoms with Crippen LogP contribution >= 0.6 is 15.9 Å². The molecule has 0 bridgehead atoms. The zero-order chi connectivity index (χ0) is 14.7. The second kappa shape index (κ2) is 6.37. The average Bonchev–Trinajstić information content (AvgIpc) is 2.40. The molecule has 2 nitrogen and oxygen atoms in total. The standard InChI is InChI=1S/C16H17BrFNO/c1-10-6-11(8-13(18)7-10)16(19-2)14-5-4-12(17)9-15(14)20-3/h4-9,16,19H,1-3H3. The van der Waals surface area contributed by atoms with Crippen LogP contribution in [0.3, 0.4) is 0 Å². The molecule has 0 heterocycles. The fourth-order valence-electron chi connectivity index (χ4n) is 2.36. The number of hydrogen-bond donors (Lipinski definition) is 1. The van der Waals surface area contributed by atoms with Gasteiger partial charge in [-0.05, 0) is 49.4 Å². The monoisotopic (exact) mass is 337 g/mol. The Kier molecular flexibility index (Phi) is 4.78. The summed E-state index contributed by atoms with van der Waals surface area (Å²) in [6, 6.07) is 10.8. The molecule has 1 N–H and O–H groups in total. The van der Waals surface area contributed by atoms with E-state index in [0.29, 0.717) is 0 Å². The average molecular weight is 338 g/mol. The highest BCUT2D eigenvalue weighted by Gasteiger charge is 2.17. The molecule has 1 atom stereocenters. The summed E-state index contributed by atoms with van der Waals surface area (Å²) >= 11 is 3.43. The Labute approximate surface area is 127 Å². The SMILES string of the molecule is CNC(c1cc(C)cc(F)c1)c1ccc(Br)cc1OC. The van der Waals surface area contributed by atoms with E-state index in [2.05, 4.69) is 21.2 Å². The summed E-state index contributed by atoms with van der Waals surface area (Å²) in [6.45, 7) is 1.89. The fraction of sp³-hybridized carbons (Fsp3) is 0.250. The van der Waals surface area contributed by atoms with Crippen molar-refractivity contribution in [3.05, 3.63) is 63.4 Å². The molecule has 0 radical (unpaired) electrons. The summed E-state index contributed by atoms with van der Waals surface area (Å²) in [5.41, 5.74) is 2.75. The van der Waals surface area contributed by atoms with Crippen molar-refractivity contribution in [3.8, 4) is 5.75 Å². The van der Waals surface area contributed by atoms with Gasteiger partial charge in [-0.1, -0.05) is 28.1 Å². The molecular formula is C16H17BrFNO. The third-order valence-electron chi connectivity index (χ3n) is 3.19. The molecule has 0 amide bonds. The highest BCUT2D eigenvalue weighted by atomic mass is 79.9. The van der Waals surface area contributed by atoms with Gasteiger partial charge in [0, 0.05) is 10.0 Å². The van der Waals surface area contributed by atoms with Gasteiger partial charge >= 0.3 is 0 Å². The third kappa shape index (κ3) is 3.19. The van der Waals surface area contributed by atoms with E-state index in [9.17, 15) is 4.39 Å².